The van der Waals surface area contributed by atoms with Crippen LogP contribution in [-0.4, -0.2) is 33.6 Å². The molecule has 2 aromatic carbocycles. The molecule has 2 aromatic heterocycles. The fourth-order valence-corrected chi connectivity index (χ4v) is 3.40. The highest BCUT2D eigenvalue weighted by molar-refractivity contribution is 5.86. The monoisotopic (exact) mass is 415 g/mol. The lowest BCUT2D eigenvalue weighted by Crippen LogP contribution is -2.04. The predicted octanol–water partition coefficient (Wildman–Crippen LogP) is 4.44. The number of aryl methyl sites for hydroxylation is 2. The molecule has 0 aliphatic rings. The molecular formula is C23H25N7O. The topological polar surface area (TPSA) is 114 Å². The van der Waals surface area contributed by atoms with Gasteiger partial charge in [-0.1, -0.05) is 12.2 Å². The molecule has 0 aliphatic heterocycles. The Labute approximate surface area is 180 Å². The summed E-state index contributed by atoms with van der Waals surface area (Å²) in [5, 5.41) is 6.70. The fourth-order valence-electron chi connectivity index (χ4n) is 3.40. The van der Waals surface area contributed by atoms with E-state index in [1.807, 2.05) is 36.4 Å². The second-order valence-corrected chi connectivity index (χ2v) is 7.14. The number of H-pyrrole nitrogens is 1. The van der Waals surface area contributed by atoms with Gasteiger partial charge >= 0.3 is 0 Å². The van der Waals surface area contributed by atoms with E-state index in [1.165, 1.54) is 0 Å². The molecule has 0 spiro atoms. The minimum atomic E-state index is 0.465. The lowest BCUT2D eigenvalue weighted by Gasteiger charge is -2.14. The van der Waals surface area contributed by atoms with Crippen molar-refractivity contribution in [3.63, 3.8) is 0 Å². The number of hydrogen-bond donors (Lipinski definition) is 4. The quantitative estimate of drug-likeness (QED) is 0.353. The third-order valence-electron chi connectivity index (χ3n) is 4.88. The standard InChI is InChI=1S/C23H25N7O/c1-14-11-16(5-4-10-24)12-15(2)19(14)28-23-29-21-20(25-13-26-21)22(30-23)27-17-6-8-18(31-3)9-7-17/h4-9,11-13H,10,24H2,1-3H3,(H3,25,26,27,28,29,30)/b5-4+. The summed E-state index contributed by atoms with van der Waals surface area (Å²) in [5.74, 6) is 1.89. The van der Waals surface area contributed by atoms with Crippen LogP contribution in [0.15, 0.2) is 48.8 Å². The number of ether oxygens (including phenoxy) is 1. The Kier molecular flexibility index (Phi) is 5.81. The third-order valence-corrected chi connectivity index (χ3v) is 4.88. The molecule has 4 rings (SSSR count). The predicted molar refractivity (Wildman–Crippen MR) is 125 cm³/mol. The number of methoxy groups -OCH3 is 1. The Morgan fingerprint density at radius 3 is 2.48 bits per heavy atom. The molecule has 158 valence electrons. The maximum atomic E-state index is 5.57. The zero-order valence-corrected chi connectivity index (χ0v) is 17.7. The Morgan fingerprint density at radius 2 is 1.81 bits per heavy atom. The minimum Gasteiger partial charge on any atom is -0.497 e. The van der Waals surface area contributed by atoms with Gasteiger partial charge in [-0.3, -0.25) is 0 Å². The van der Waals surface area contributed by atoms with Crippen molar-refractivity contribution >= 4 is 40.4 Å². The molecule has 2 heterocycles. The molecule has 0 radical (unpaired) electrons. The number of imidazole rings is 1. The van der Waals surface area contributed by atoms with E-state index in [9.17, 15) is 0 Å². The number of aromatic amines is 1. The first-order valence-corrected chi connectivity index (χ1v) is 9.94. The molecule has 0 fully saturated rings. The van der Waals surface area contributed by atoms with Crippen LogP contribution in [0.25, 0.3) is 17.2 Å². The third kappa shape index (κ3) is 4.49. The van der Waals surface area contributed by atoms with Crippen molar-refractivity contribution in [3.8, 4) is 5.75 Å². The zero-order chi connectivity index (χ0) is 21.8. The van der Waals surface area contributed by atoms with E-state index >= 15 is 0 Å². The smallest absolute Gasteiger partial charge is 0.231 e. The van der Waals surface area contributed by atoms with Crippen LogP contribution in [0.5, 0.6) is 5.75 Å². The van der Waals surface area contributed by atoms with Crippen LogP contribution >= 0.6 is 0 Å². The number of nitrogens with two attached hydrogens (primary N) is 1. The summed E-state index contributed by atoms with van der Waals surface area (Å²) >= 11 is 0. The second kappa shape index (κ2) is 8.85. The first kappa shape index (κ1) is 20.4. The van der Waals surface area contributed by atoms with E-state index in [-0.39, 0.29) is 0 Å². The molecule has 0 atom stereocenters. The molecule has 0 amide bonds. The van der Waals surface area contributed by atoms with Gasteiger partial charge in [-0.2, -0.15) is 9.97 Å². The van der Waals surface area contributed by atoms with E-state index in [4.69, 9.17) is 15.5 Å². The van der Waals surface area contributed by atoms with Gasteiger partial charge in [-0.15, -0.1) is 0 Å². The SMILES string of the molecule is COc1ccc(Nc2nc(Nc3c(C)cc(/C=C/CN)cc3C)nc3nc[nH]c23)cc1. The van der Waals surface area contributed by atoms with Gasteiger partial charge in [0.15, 0.2) is 11.5 Å². The molecule has 31 heavy (non-hydrogen) atoms. The number of nitrogens with zero attached hydrogens (tertiary/aromatic N) is 3. The number of anilines is 4. The van der Waals surface area contributed by atoms with Crippen molar-refractivity contribution in [2.45, 2.75) is 13.8 Å². The van der Waals surface area contributed by atoms with Gasteiger partial charge in [0.25, 0.3) is 0 Å². The van der Waals surface area contributed by atoms with Crippen LogP contribution in [0, 0.1) is 13.8 Å². The number of benzene rings is 2. The van der Waals surface area contributed by atoms with Gasteiger partial charge in [0.2, 0.25) is 5.95 Å². The van der Waals surface area contributed by atoms with E-state index in [1.54, 1.807) is 13.4 Å². The lowest BCUT2D eigenvalue weighted by molar-refractivity contribution is 0.415. The number of fused-ring (bicyclic) bond motifs is 1. The van der Waals surface area contributed by atoms with E-state index in [0.29, 0.717) is 24.0 Å². The first-order chi connectivity index (χ1) is 15.1. The number of rotatable bonds is 7. The summed E-state index contributed by atoms with van der Waals surface area (Å²) in [6, 6.07) is 11.8. The number of hydrogen-bond acceptors (Lipinski definition) is 7. The summed E-state index contributed by atoms with van der Waals surface area (Å²) in [4.78, 5) is 16.7. The van der Waals surface area contributed by atoms with Crippen LogP contribution in [0.4, 0.5) is 23.1 Å². The van der Waals surface area contributed by atoms with Crippen LogP contribution in [0.3, 0.4) is 0 Å². The van der Waals surface area contributed by atoms with Crippen molar-refractivity contribution in [3.05, 3.63) is 65.5 Å². The van der Waals surface area contributed by atoms with Crippen LogP contribution < -0.4 is 21.1 Å². The summed E-state index contributed by atoms with van der Waals surface area (Å²) in [5.41, 5.74) is 12.0. The second-order valence-electron chi connectivity index (χ2n) is 7.14. The first-order valence-electron chi connectivity index (χ1n) is 9.94. The normalized spacial score (nSPS) is 11.2. The van der Waals surface area contributed by atoms with Crippen molar-refractivity contribution in [2.24, 2.45) is 5.73 Å². The van der Waals surface area contributed by atoms with Crippen molar-refractivity contribution < 1.29 is 4.74 Å². The van der Waals surface area contributed by atoms with Crippen molar-refractivity contribution in [1.29, 1.82) is 0 Å². The largest absolute Gasteiger partial charge is 0.497 e. The number of aromatic nitrogens is 4. The molecule has 0 saturated heterocycles. The molecule has 0 bridgehead atoms. The summed E-state index contributed by atoms with van der Waals surface area (Å²) < 4.78 is 5.23. The molecule has 8 nitrogen and oxygen atoms in total. The van der Waals surface area contributed by atoms with Gasteiger partial charge in [-0.05, 0) is 66.9 Å². The molecule has 5 N–H and O–H groups in total. The maximum Gasteiger partial charge on any atom is 0.231 e. The Hall–Kier alpha value is -3.91. The molecule has 0 unspecified atom stereocenters. The van der Waals surface area contributed by atoms with Gasteiger partial charge < -0.3 is 26.1 Å². The van der Waals surface area contributed by atoms with Crippen LogP contribution in [0.1, 0.15) is 16.7 Å². The summed E-state index contributed by atoms with van der Waals surface area (Å²) in [7, 11) is 1.64. The van der Waals surface area contributed by atoms with E-state index in [0.717, 1.165) is 39.3 Å². The molecular weight excluding hydrogens is 390 g/mol. The molecule has 8 heteroatoms. The maximum absolute atomic E-state index is 5.57. The average Bonchev–Trinajstić information content (AvgIpc) is 3.24. The van der Waals surface area contributed by atoms with Crippen LogP contribution in [0.2, 0.25) is 0 Å². The molecule has 4 aromatic rings. The van der Waals surface area contributed by atoms with Gasteiger partial charge in [-0.25, -0.2) is 4.98 Å². The van der Waals surface area contributed by atoms with Gasteiger partial charge in [0.1, 0.15) is 11.3 Å². The van der Waals surface area contributed by atoms with Crippen LogP contribution in [-0.2, 0) is 0 Å². The summed E-state index contributed by atoms with van der Waals surface area (Å²) in [6.45, 7) is 4.62. The average molecular weight is 416 g/mol. The summed E-state index contributed by atoms with van der Waals surface area (Å²) in [6.07, 6.45) is 5.57. The van der Waals surface area contributed by atoms with Crippen molar-refractivity contribution in [2.75, 3.05) is 24.3 Å². The minimum absolute atomic E-state index is 0.465. The Bertz CT molecular complexity index is 1210. The Balaban J connectivity index is 1.66. The van der Waals surface area contributed by atoms with Crippen molar-refractivity contribution in [1.82, 2.24) is 19.9 Å². The zero-order valence-electron chi connectivity index (χ0n) is 17.7. The van der Waals surface area contributed by atoms with E-state index in [2.05, 4.69) is 51.6 Å². The highest BCUT2D eigenvalue weighted by Gasteiger charge is 2.13. The Morgan fingerprint density at radius 1 is 1.06 bits per heavy atom. The lowest BCUT2D eigenvalue weighted by atomic mass is 10.0. The highest BCUT2D eigenvalue weighted by atomic mass is 16.5. The number of nitrogens with one attached hydrogen (secondary N) is 3. The van der Waals surface area contributed by atoms with E-state index < -0.39 is 0 Å². The highest BCUT2D eigenvalue weighted by Crippen LogP contribution is 2.28. The van der Waals surface area contributed by atoms with Gasteiger partial charge in [0, 0.05) is 17.9 Å². The van der Waals surface area contributed by atoms with Gasteiger partial charge in [0.05, 0.1) is 13.4 Å². The molecule has 0 aliphatic carbocycles. The molecule has 0 saturated carbocycles. The fraction of sp³-hybridized carbons (Fsp3) is 0.174.